The quantitative estimate of drug-likeness (QED) is 0.603. The zero-order valence-electron chi connectivity index (χ0n) is 15.2. The molecule has 0 atom stereocenters. The van der Waals surface area contributed by atoms with Gasteiger partial charge < -0.3 is 10.6 Å². The molecule has 26 heavy (non-hydrogen) atoms. The fourth-order valence-corrected chi connectivity index (χ4v) is 3.28. The maximum atomic E-state index is 12.0. The molecule has 0 bridgehead atoms. The fourth-order valence-electron chi connectivity index (χ4n) is 3.04. The van der Waals surface area contributed by atoms with Gasteiger partial charge in [0.05, 0.1) is 5.69 Å². The molecule has 0 unspecified atom stereocenters. The van der Waals surface area contributed by atoms with Crippen molar-refractivity contribution in [3.63, 3.8) is 0 Å². The van der Waals surface area contributed by atoms with Crippen molar-refractivity contribution in [3.8, 4) is 0 Å². The van der Waals surface area contributed by atoms with E-state index in [2.05, 4.69) is 32.8 Å². The number of hydrogen-bond donors (Lipinski definition) is 2. The van der Waals surface area contributed by atoms with Crippen molar-refractivity contribution in [1.82, 2.24) is 20.1 Å². The Balaban J connectivity index is 1.45. The Bertz CT molecular complexity index is 828. The highest BCUT2D eigenvalue weighted by atomic mass is 35.5. The molecule has 0 aromatic carbocycles. The first-order chi connectivity index (χ1) is 12.5. The molecule has 1 aliphatic rings. The summed E-state index contributed by atoms with van der Waals surface area (Å²) in [4.78, 5) is 16.6. The van der Waals surface area contributed by atoms with E-state index >= 15 is 0 Å². The Hall–Kier alpha value is -2.34. The van der Waals surface area contributed by atoms with Crippen LogP contribution < -0.4 is 10.6 Å². The third-order valence-corrected chi connectivity index (χ3v) is 4.91. The molecular weight excluding hydrogens is 350 g/mol. The minimum atomic E-state index is -0.135. The molecule has 1 amide bonds. The van der Waals surface area contributed by atoms with Crippen LogP contribution in [-0.2, 0) is 24.7 Å². The van der Waals surface area contributed by atoms with Gasteiger partial charge in [0.15, 0.2) is 0 Å². The lowest BCUT2D eigenvalue weighted by molar-refractivity contribution is -0.116. The second-order valence-electron chi connectivity index (χ2n) is 6.48. The molecule has 2 N–H and O–H groups in total. The van der Waals surface area contributed by atoms with Gasteiger partial charge in [0.2, 0.25) is 5.91 Å². The maximum absolute atomic E-state index is 12.0. The van der Waals surface area contributed by atoms with Crippen LogP contribution in [0.5, 0.6) is 0 Å². The number of nitrogens with one attached hydrogen (secondary N) is 2. The Kier molecular flexibility index (Phi) is 5.93. The van der Waals surface area contributed by atoms with E-state index in [1.54, 1.807) is 17.8 Å². The summed E-state index contributed by atoms with van der Waals surface area (Å²) < 4.78 is 1.59. The average molecular weight is 374 g/mol. The zero-order chi connectivity index (χ0) is 18.5. The summed E-state index contributed by atoms with van der Waals surface area (Å²) in [6.45, 7) is 3.46. The summed E-state index contributed by atoms with van der Waals surface area (Å²) in [5.41, 5.74) is 3.92. The van der Waals surface area contributed by atoms with Crippen LogP contribution in [0.15, 0.2) is 18.2 Å². The number of amides is 1. The van der Waals surface area contributed by atoms with Gasteiger partial charge in [-0.15, -0.1) is 0 Å². The minimum absolute atomic E-state index is 0.135. The Morgan fingerprint density at radius 1 is 1.46 bits per heavy atom. The van der Waals surface area contributed by atoms with Crippen LogP contribution in [0.4, 0.5) is 5.82 Å². The van der Waals surface area contributed by atoms with E-state index in [0.29, 0.717) is 11.7 Å². The van der Waals surface area contributed by atoms with Crippen molar-refractivity contribution in [2.45, 2.75) is 32.6 Å². The smallest absolute Gasteiger partial charge is 0.244 e. The predicted molar refractivity (Wildman–Crippen MR) is 104 cm³/mol. The number of nitrogens with zero attached hydrogens (tertiary/aromatic N) is 3. The second kappa shape index (κ2) is 8.36. The van der Waals surface area contributed by atoms with Crippen LogP contribution in [0.25, 0.3) is 6.08 Å². The average Bonchev–Trinajstić information content (AvgIpc) is 2.88. The van der Waals surface area contributed by atoms with Crippen molar-refractivity contribution in [2.24, 2.45) is 7.05 Å². The fraction of sp³-hybridized carbons (Fsp3) is 0.421. The van der Waals surface area contributed by atoms with Crippen molar-refractivity contribution in [3.05, 3.63) is 45.9 Å². The lowest BCUT2D eigenvalue weighted by Gasteiger charge is -2.17. The number of anilines is 1. The highest BCUT2D eigenvalue weighted by Crippen LogP contribution is 2.20. The van der Waals surface area contributed by atoms with Crippen molar-refractivity contribution in [2.75, 3.05) is 18.4 Å². The molecule has 0 spiro atoms. The van der Waals surface area contributed by atoms with E-state index in [9.17, 15) is 4.79 Å². The molecule has 3 rings (SSSR count). The summed E-state index contributed by atoms with van der Waals surface area (Å²) >= 11 is 6.15. The van der Waals surface area contributed by atoms with Gasteiger partial charge in [-0.3, -0.25) is 9.48 Å². The zero-order valence-corrected chi connectivity index (χ0v) is 15.9. The first-order valence-electron chi connectivity index (χ1n) is 8.92. The van der Waals surface area contributed by atoms with E-state index in [1.807, 2.05) is 6.92 Å². The van der Waals surface area contributed by atoms with Crippen LogP contribution in [0.2, 0.25) is 5.15 Å². The summed E-state index contributed by atoms with van der Waals surface area (Å²) in [6.07, 6.45) is 7.15. The number of aromatic nitrogens is 3. The Morgan fingerprint density at radius 2 is 2.31 bits per heavy atom. The molecule has 0 radical (unpaired) electrons. The van der Waals surface area contributed by atoms with E-state index in [1.165, 1.54) is 11.6 Å². The largest absolute Gasteiger partial charge is 0.370 e. The lowest BCUT2D eigenvalue weighted by atomic mass is 10.1. The van der Waals surface area contributed by atoms with Gasteiger partial charge in [-0.1, -0.05) is 17.7 Å². The highest BCUT2D eigenvalue weighted by Gasteiger charge is 2.10. The predicted octanol–water partition coefficient (Wildman–Crippen LogP) is 2.90. The number of rotatable bonds is 6. The third kappa shape index (κ3) is 4.43. The SMILES string of the molecule is Cc1nn(C)c(Cl)c1/C=C/C(=O)NCCCc1ccc2c(n1)NCCC2. The van der Waals surface area contributed by atoms with E-state index < -0.39 is 0 Å². The van der Waals surface area contributed by atoms with Gasteiger partial charge in [0.1, 0.15) is 11.0 Å². The molecule has 0 fully saturated rings. The lowest BCUT2D eigenvalue weighted by Crippen LogP contribution is -2.22. The Labute approximate surface area is 158 Å². The molecule has 1 aliphatic heterocycles. The molecule has 2 aromatic rings. The van der Waals surface area contributed by atoms with E-state index in [4.69, 9.17) is 11.6 Å². The first-order valence-corrected chi connectivity index (χ1v) is 9.30. The molecule has 7 heteroatoms. The van der Waals surface area contributed by atoms with Crippen LogP contribution in [0.1, 0.15) is 35.4 Å². The number of carbonyl (C=O) groups excluding carboxylic acids is 1. The molecular formula is C19H24ClN5O. The summed E-state index contributed by atoms with van der Waals surface area (Å²) in [6, 6.07) is 4.24. The number of pyridine rings is 1. The molecule has 6 nitrogen and oxygen atoms in total. The van der Waals surface area contributed by atoms with Gasteiger partial charge in [-0.2, -0.15) is 5.10 Å². The van der Waals surface area contributed by atoms with Gasteiger partial charge in [0, 0.05) is 37.5 Å². The van der Waals surface area contributed by atoms with Gasteiger partial charge in [-0.05, 0) is 50.3 Å². The monoisotopic (exact) mass is 373 g/mol. The van der Waals surface area contributed by atoms with Crippen LogP contribution >= 0.6 is 11.6 Å². The first kappa shape index (κ1) is 18.5. The second-order valence-corrected chi connectivity index (χ2v) is 6.84. The number of hydrogen-bond acceptors (Lipinski definition) is 4. The molecule has 0 aliphatic carbocycles. The van der Waals surface area contributed by atoms with Crippen LogP contribution in [0, 0.1) is 6.92 Å². The summed E-state index contributed by atoms with van der Waals surface area (Å²) in [5, 5.41) is 11.0. The normalized spacial score (nSPS) is 13.5. The number of fused-ring (bicyclic) bond motifs is 1. The molecule has 3 heterocycles. The highest BCUT2D eigenvalue weighted by molar-refractivity contribution is 6.31. The van der Waals surface area contributed by atoms with Crippen LogP contribution in [0.3, 0.4) is 0 Å². The van der Waals surface area contributed by atoms with Crippen molar-refractivity contribution >= 4 is 29.4 Å². The van der Waals surface area contributed by atoms with Gasteiger partial charge in [-0.25, -0.2) is 4.98 Å². The van der Waals surface area contributed by atoms with Gasteiger partial charge in [0.25, 0.3) is 0 Å². The summed E-state index contributed by atoms with van der Waals surface area (Å²) in [7, 11) is 1.77. The summed E-state index contributed by atoms with van der Waals surface area (Å²) in [5.74, 6) is 0.883. The number of halogens is 1. The standard InChI is InChI=1S/C19H24ClN5O/c1-13-16(18(20)25(2)24-13)9-10-17(26)21-11-4-6-15-8-7-14-5-3-12-22-19(14)23-15/h7-10H,3-6,11-12H2,1-2H3,(H,21,26)(H,22,23)/b10-9+. The topological polar surface area (TPSA) is 71.8 Å². The number of aryl methyl sites for hydroxylation is 4. The number of carbonyl (C=O) groups is 1. The van der Waals surface area contributed by atoms with Crippen LogP contribution in [-0.4, -0.2) is 33.8 Å². The van der Waals surface area contributed by atoms with Gasteiger partial charge >= 0.3 is 0 Å². The molecule has 0 saturated heterocycles. The molecule has 0 saturated carbocycles. The molecule has 2 aromatic heterocycles. The molecule has 138 valence electrons. The van der Waals surface area contributed by atoms with E-state index in [-0.39, 0.29) is 5.91 Å². The third-order valence-electron chi connectivity index (χ3n) is 4.46. The minimum Gasteiger partial charge on any atom is -0.370 e. The Morgan fingerprint density at radius 3 is 3.08 bits per heavy atom. The van der Waals surface area contributed by atoms with E-state index in [0.717, 1.165) is 55.0 Å². The van der Waals surface area contributed by atoms with Crippen molar-refractivity contribution < 1.29 is 4.79 Å². The maximum Gasteiger partial charge on any atom is 0.244 e. The van der Waals surface area contributed by atoms with Crippen molar-refractivity contribution in [1.29, 1.82) is 0 Å².